The lowest BCUT2D eigenvalue weighted by Gasteiger charge is -2.14. The van der Waals surface area contributed by atoms with Crippen LogP contribution in [0, 0.1) is 5.92 Å². The van der Waals surface area contributed by atoms with Crippen LogP contribution in [-0.2, 0) is 0 Å². The molecule has 21 heavy (non-hydrogen) atoms. The highest BCUT2D eigenvalue weighted by Gasteiger charge is 2.19. The Hall–Kier alpha value is -1.46. The fourth-order valence-electron chi connectivity index (χ4n) is 2.48. The first kappa shape index (κ1) is 15.9. The van der Waals surface area contributed by atoms with E-state index in [0.29, 0.717) is 12.5 Å². The van der Waals surface area contributed by atoms with Gasteiger partial charge in [0.15, 0.2) is 0 Å². The average molecular weight is 331 g/mol. The lowest BCUT2D eigenvalue weighted by atomic mass is 10.1. The van der Waals surface area contributed by atoms with Gasteiger partial charge in [-0.1, -0.05) is 36.0 Å². The van der Waals surface area contributed by atoms with Gasteiger partial charge in [-0.3, -0.25) is 0 Å². The predicted octanol–water partition coefficient (Wildman–Crippen LogP) is 4.00. The minimum Gasteiger partial charge on any atom is -0.478 e. The summed E-state index contributed by atoms with van der Waals surface area (Å²) in [5.74, 6) is -0.708. The number of nitrogens with one attached hydrogen (secondary N) is 2. The van der Waals surface area contributed by atoms with E-state index >= 15 is 0 Å². The first-order valence-electron chi connectivity index (χ1n) is 6.74. The van der Waals surface area contributed by atoms with Gasteiger partial charge < -0.3 is 15.7 Å². The standard InChI is InChI=1S/C14H16Cl2N2O3/c15-9-5-10(13(19)20)12(11(16)6-9)18-14(21)17-7-8-3-1-2-4-8/h5-6,8H,1-4,7H2,(H,19,20)(H2,17,18,21). The van der Waals surface area contributed by atoms with Crippen molar-refractivity contribution in [2.75, 3.05) is 11.9 Å². The van der Waals surface area contributed by atoms with E-state index in [1.807, 2.05) is 0 Å². The van der Waals surface area contributed by atoms with E-state index < -0.39 is 12.0 Å². The highest BCUT2D eigenvalue weighted by atomic mass is 35.5. The van der Waals surface area contributed by atoms with E-state index in [1.54, 1.807) is 0 Å². The monoisotopic (exact) mass is 330 g/mol. The van der Waals surface area contributed by atoms with Crippen LogP contribution in [-0.4, -0.2) is 23.7 Å². The van der Waals surface area contributed by atoms with Crippen molar-refractivity contribution in [1.29, 1.82) is 0 Å². The van der Waals surface area contributed by atoms with Crippen LogP contribution in [0.5, 0.6) is 0 Å². The van der Waals surface area contributed by atoms with Crippen molar-refractivity contribution in [2.45, 2.75) is 25.7 Å². The van der Waals surface area contributed by atoms with Gasteiger partial charge in [0.05, 0.1) is 16.3 Å². The lowest BCUT2D eigenvalue weighted by molar-refractivity contribution is 0.0698. The van der Waals surface area contributed by atoms with Crippen molar-refractivity contribution in [3.8, 4) is 0 Å². The predicted molar refractivity (Wildman–Crippen MR) is 82.4 cm³/mol. The first-order chi connectivity index (χ1) is 9.97. The second-order valence-electron chi connectivity index (χ2n) is 5.10. The van der Waals surface area contributed by atoms with Crippen molar-refractivity contribution in [2.24, 2.45) is 5.92 Å². The zero-order valence-corrected chi connectivity index (χ0v) is 12.8. The Balaban J connectivity index is 2.04. The van der Waals surface area contributed by atoms with Crippen molar-refractivity contribution in [3.63, 3.8) is 0 Å². The lowest BCUT2D eigenvalue weighted by Crippen LogP contribution is -2.33. The molecule has 0 aliphatic heterocycles. The summed E-state index contributed by atoms with van der Waals surface area (Å²) in [5.41, 5.74) is -0.0824. The van der Waals surface area contributed by atoms with Gasteiger partial charge in [-0.25, -0.2) is 9.59 Å². The van der Waals surface area contributed by atoms with Gasteiger partial charge in [0.25, 0.3) is 0 Å². The molecule has 0 atom stereocenters. The molecule has 1 aliphatic rings. The SMILES string of the molecule is O=C(NCC1CCCC1)Nc1c(Cl)cc(Cl)cc1C(=O)O. The smallest absolute Gasteiger partial charge is 0.337 e. The summed E-state index contributed by atoms with van der Waals surface area (Å²) in [6, 6.07) is 2.18. The molecule has 7 heteroatoms. The molecular formula is C14H16Cl2N2O3. The molecule has 2 rings (SSSR count). The molecule has 0 unspecified atom stereocenters. The molecule has 0 heterocycles. The van der Waals surface area contributed by atoms with Crippen LogP contribution in [0.4, 0.5) is 10.5 Å². The largest absolute Gasteiger partial charge is 0.478 e. The Morgan fingerprint density at radius 3 is 2.52 bits per heavy atom. The molecule has 5 nitrogen and oxygen atoms in total. The van der Waals surface area contributed by atoms with Gasteiger partial charge in [0, 0.05) is 11.6 Å². The molecular weight excluding hydrogens is 315 g/mol. The van der Waals surface area contributed by atoms with E-state index in [4.69, 9.17) is 28.3 Å². The normalized spacial score (nSPS) is 15.0. The van der Waals surface area contributed by atoms with Gasteiger partial charge in [-0.05, 0) is 30.9 Å². The third-order valence-electron chi connectivity index (χ3n) is 3.55. The number of rotatable bonds is 4. The van der Waals surface area contributed by atoms with E-state index in [1.165, 1.54) is 25.0 Å². The number of benzene rings is 1. The van der Waals surface area contributed by atoms with Gasteiger partial charge in [0.2, 0.25) is 0 Å². The number of carboxylic acids is 1. The molecule has 0 aromatic heterocycles. The fourth-order valence-corrected chi connectivity index (χ4v) is 3.02. The van der Waals surface area contributed by atoms with Crippen LogP contribution >= 0.6 is 23.2 Å². The maximum atomic E-state index is 11.9. The minimum absolute atomic E-state index is 0.0532. The number of carbonyl (C=O) groups excluding carboxylic acids is 1. The summed E-state index contributed by atoms with van der Waals surface area (Å²) in [5, 5.41) is 14.7. The number of aromatic carboxylic acids is 1. The number of amides is 2. The number of urea groups is 1. The van der Waals surface area contributed by atoms with Crippen LogP contribution in [0.3, 0.4) is 0 Å². The van der Waals surface area contributed by atoms with Crippen LogP contribution in [0.2, 0.25) is 10.0 Å². The average Bonchev–Trinajstić information content (AvgIpc) is 2.92. The number of halogens is 2. The highest BCUT2D eigenvalue weighted by Crippen LogP contribution is 2.30. The quantitative estimate of drug-likeness (QED) is 0.780. The van der Waals surface area contributed by atoms with E-state index in [2.05, 4.69) is 10.6 Å². The Labute approximate surface area is 132 Å². The third kappa shape index (κ3) is 4.25. The fraction of sp³-hybridized carbons (Fsp3) is 0.429. The van der Waals surface area contributed by atoms with Gasteiger partial charge in [-0.15, -0.1) is 0 Å². The summed E-state index contributed by atoms with van der Waals surface area (Å²) < 4.78 is 0. The molecule has 1 fully saturated rings. The maximum absolute atomic E-state index is 11.9. The summed E-state index contributed by atoms with van der Waals surface area (Å²) in [6.07, 6.45) is 4.62. The molecule has 2 amide bonds. The molecule has 1 aromatic carbocycles. The molecule has 0 spiro atoms. The molecule has 0 bridgehead atoms. The molecule has 1 aromatic rings. The molecule has 1 aliphatic carbocycles. The Morgan fingerprint density at radius 2 is 1.90 bits per heavy atom. The Morgan fingerprint density at radius 1 is 1.24 bits per heavy atom. The summed E-state index contributed by atoms with van der Waals surface area (Å²) >= 11 is 11.7. The summed E-state index contributed by atoms with van der Waals surface area (Å²) in [4.78, 5) is 23.1. The molecule has 3 N–H and O–H groups in total. The van der Waals surface area contributed by atoms with E-state index in [9.17, 15) is 9.59 Å². The van der Waals surface area contributed by atoms with Crippen LogP contribution < -0.4 is 10.6 Å². The number of carbonyl (C=O) groups is 2. The van der Waals surface area contributed by atoms with Crippen LogP contribution in [0.15, 0.2) is 12.1 Å². The van der Waals surface area contributed by atoms with Crippen molar-refractivity contribution in [1.82, 2.24) is 5.32 Å². The molecule has 0 radical (unpaired) electrons. The zero-order chi connectivity index (χ0) is 15.4. The molecule has 114 valence electrons. The van der Waals surface area contributed by atoms with Gasteiger partial charge >= 0.3 is 12.0 Å². The molecule has 0 saturated heterocycles. The van der Waals surface area contributed by atoms with Crippen LogP contribution in [0.25, 0.3) is 0 Å². The van der Waals surface area contributed by atoms with Crippen LogP contribution in [0.1, 0.15) is 36.0 Å². The van der Waals surface area contributed by atoms with Crippen molar-refractivity contribution >= 4 is 40.9 Å². The van der Waals surface area contributed by atoms with E-state index in [-0.39, 0.29) is 21.3 Å². The van der Waals surface area contributed by atoms with Gasteiger partial charge in [0.1, 0.15) is 0 Å². The van der Waals surface area contributed by atoms with Crippen molar-refractivity contribution < 1.29 is 14.7 Å². The topological polar surface area (TPSA) is 78.4 Å². The first-order valence-corrected chi connectivity index (χ1v) is 7.50. The van der Waals surface area contributed by atoms with Crippen molar-refractivity contribution in [3.05, 3.63) is 27.7 Å². The Kier molecular flexibility index (Phi) is 5.31. The third-order valence-corrected chi connectivity index (χ3v) is 4.07. The Bertz CT molecular complexity index is 557. The number of hydrogen-bond donors (Lipinski definition) is 3. The van der Waals surface area contributed by atoms with E-state index in [0.717, 1.165) is 12.8 Å². The second-order valence-corrected chi connectivity index (χ2v) is 5.94. The zero-order valence-electron chi connectivity index (χ0n) is 11.3. The maximum Gasteiger partial charge on any atom is 0.337 e. The second kappa shape index (κ2) is 7.00. The number of hydrogen-bond acceptors (Lipinski definition) is 2. The minimum atomic E-state index is -1.20. The van der Waals surface area contributed by atoms with Gasteiger partial charge in [-0.2, -0.15) is 0 Å². The number of anilines is 1. The summed E-state index contributed by atoms with van der Waals surface area (Å²) in [7, 11) is 0. The molecule has 1 saturated carbocycles. The number of carboxylic acid groups (broad SMARTS) is 1. The summed E-state index contributed by atoms with van der Waals surface area (Å²) in [6.45, 7) is 0.583. The highest BCUT2D eigenvalue weighted by molar-refractivity contribution is 6.37.